The Balaban J connectivity index is 1.33. The first-order valence-corrected chi connectivity index (χ1v) is 13.7. The average molecular weight is 555 g/mol. The van der Waals surface area contributed by atoms with Crippen molar-refractivity contribution in [2.24, 2.45) is 0 Å². The zero-order valence-corrected chi connectivity index (χ0v) is 22.7. The molecule has 40 heavy (non-hydrogen) atoms. The largest absolute Gasteiger partial charge is 0.368 e. The van der Waals surface area contributed by atoms with E-state index < -0.39 is 18.4 Å². The van der Waals surface area contributed by atoms with Crippen molar-refractivity contribution in [3.05, 3.63) is 125 Å². The second kappa shape index (κ2) is 12.6. The van der Waals surface area contributed by atoms with Gasteiger partial charge in [0.15, 0.2) is 10.9 Å². The van der Waals surface area contributed by atoms with Crippen LogP contribution in [0.2, 0.25) is 0 Å². The number of fused-ring (bicyclic) bond motifs is 1. The minimum Gasteiger partial charge on any atom is -0.368 e. The summed E-state index contributed by atoms with van der Waals surface area (Å²) < 4.78 is 28.5. The van der Waals surface area contributed by atoms with Gasteiger partial charge in [0.25, 0.3) is 0 Å². The number of benzene rings is 3. The van der Waals surface area contributed by atoms with Crippen molar-refractivity contribution < 1.29 is 18.9 Å². The molecule has 0 bridgehead atoms. The minimum atomic E-state index is -0.542. The van der Waals surface area contributed by atoms with E-state index in [1.54, 1.807) is 12.7 Å². The molecule has 1 saturated heterocycles. The van der Waals surface area contributed by atoms with Crippen LogP contribution in [-0.2, 0) is 38.8 Å². The second-order valence-electron chi connectivity index (χ2n) is 9.64. The maximum atomic E-state index is 6.63. The number of hydrogen-bond donors (Lipinski definition) is 1. The Kier molecular flexibility index (Phi) is 8.36. The van der Waals surface area contributed by atoms with E-state index in [0.29, 0.717) is 42.2 Å². The number of aromatic nitrogens is 4. The lowest BCUT2D eigenvalue weighted by atomic mass is 10.0. The molecule has 0 aliphatic carbocycles. The summed E-state index contributed by atoms with van der Waals surface area (Å²) in [5.74, 6) is 0. The lowest BCUT2D eigenvalue weighted by molar-refractivity contribution is -0.255. The van der Waals surface area contributed by atoms with E-state index in [4.69, 9.17) is 31.2 Å². The van der Waals surface area contributed by atoms with Crippen LogP contribution in [0, 0.1) is 4.64 Å². The van der Waals surface area contributed by atoms with Crippen LogP contribution in [0.3, 0.4) is 0 Å². The molecule has 8 nitrogen and oxygen atoms in total. The lowest BCUT2D eigenvalue weighted by Gasteiger charge is -2.42. The fraction of sp³-hybridized carbons (Fsp3) is 0.258. The maximum Gasteiger partial charge on any atom is 0.165 e. The molecule has 1 fully saturated rings. The van der Waals surface area contributed by atoms with Crippen molar-refractivity contribution in [2.45, 2.75) is 44.4 Å². The van der Waals surface area contributed by atoms with Crippen molar-refractivity contribution in [2.75, 3.05) is 6.61 Å². The number of ether oxygens (including phenoxy) is 4. The van der Waals surface area contributed by atoms with E-state index in [0.717, 1.165) is 16.7 Å². The predicted molar refractivity (Wildman–Crippen MR) is 153 cm³/mol. The van der Waals surface area contributed by atoms with E-state index in [1.165, 1.54) is 0 Å². The highest BCUT2D eigenvalue weighted by molar-refractivity contribution is 7.71. The average Bonchev–Trinajstić information content (AvgIpc) is 3.45. The molecule has 0 radical (unpaired) electrons. The highest BCUT2D eigenvalue weighted by atomic mass is 32.1. The molecular formula is C31H30N4O4S. The van der Waals surface area contributed by atoms with Crippen LogP contribution in [-0.4, -0.2) is 44.4 Å². The second-order valence-corrected chi connectivity index (χ2v) is 10.0. The maximum absolute atomic E-state index is 6.63. The fourth-order valence-corrected chi connectivity index (χ4v) is 5.10. The van der Waals surface area contributed by atoms with Gasteiger partial charge in [-0.15, -0.1) is 0 Å². The molecular weight excluding hydrogens is 524 g/mol. The highest BCUT2D eigenvalue weighted by Gasteiger charge is 2.44. The topological polar surface area (TPSA) is 83.4 Å². The summed E-state index contributed by atoms with van der Waals surface area (Å²) in [6.45, 7) is 1.54. The van der Waals surface area contributed by atoms with Gasteiger partial charge in [-0.3, -0.25) is 4.57 Å². The summed E-state index contributed by atoms with van der Waals surface area (Å²) in [5, 5.41) is 0. The Labute approximate surface area is 237 Å². The molecule has 0 spiro atoms. The third-order valence-electron chi connectivity index (χ3n) is 6.93. The summed E-state index contributed by atoms with van der Waals surface area (Å²) in [4.78, 5) is 11.9. The molecule has 9 heteroatoms. The molecule has 0 unspecified atom stereocenters. The van der Waals surface area contributed by atoms with E-state index >= 15 is 0 Å². The van der Waals surface area contributed by atoms with Crippen LogP contribution in [0.15, 0.2) is 104 Å². The van der Waals surface area contributed by atoms with Crippen LogP contribution in [0.5, 0.6) is 0 Å². The normalized spacial score (nSPS) is 21.0. The number of aromatic amines is 1. The first-order chi connectivity index (χ1) is 19.8. The molecule has 0 amide bonds. The van der Waals surface area contributed by atoms with Gasteiger partial charge in [-0.05, 0) is 16.7 Å². The van der Waals surface area contributed by atoms with E-state index in [2.05, 4.69) is 15.0 Å². The summed E-state index contributed by atoms with van der Waals surface area (Å²) >= 11 is 5.41. The lowest BCUT2D eigenvalue weighted by Crippen LogP contribution is -2.54. The van der Waals surface area contributed by atoms with Gasteiger partial charge in [0.2, 0.25) is 0 Å². The van der Waals surface area contributed by atoms with Gasteiger partial charge in [0, 0.05) is 0 Å². The number of imidazole rings is 1. The summed E-state index contributed by atoms with van der Waals surface area (Å²) in [6, 6.07) is 30.3. The van der Waals surface area contributed by atoms with E-state index in [1.807, 2.05) is 95.6 Å². The van der Waals surface area contributed by atoms with Crippen molar-refractivity contribution in [3.8, 4) is 0 Å². The molecule has 204 valence electrons. The minimum absolute atomic E-state index is 0.313. The fourth-order valence-electron chi connectivity index (χ4n) is 4.90. The molecule has 1 aliphatic heterocycles. The third-order valence-corrected chi connectivity index (χ3v) is 7.23. The van der Waals surface area contributed by atoms with Gasteiger partial charge in [-0.25, -0.2) is 9.97 Å². The molecule has 3 aromatic carbocycles. The van der Waals surface area contributed by atoms with Gasteiger partial charge in [-0.2, -0.15) is 0 Å². The summed E-state index contributed by atoms with van der Waals surface area (Å²) in [6.07, 6.45) is 1.41. The number of H-pyrrole nitrogens is 1. The van der Waals surface area contributed by atoms with Crippen molar-refractivity contribution in [3.63, 3.8) is 0 Å². The van der Waals surface area contributed by atoms with Crippen LogP contribution in [0.4, 0.5) is 0 Å². The number of hydrogen-bond acceptors (Lipinski definition) is 7. The van der Waals surface area contributed by atoms with Gasteiger partial charge in [0.05, 0.1) is 39.1 Å². The molecule has 5 aromatic rings. The van der Waals surface area contributed by atoms with Crippen LogP contribution < -0.4 is 0 Å². The van der Waals surface area contributed by atoms with Gasteiger partial charge >= 0.3 is 0 Å². The van der Waals surface area contributed by atoms with Crippen LogP contribution in [0.25, 0.3) is 11.2 Å². The quantitative estimate of drug-likeness (QED) is 0.219. The molecule has 1 N–H and O–H groups in total. The number of nitrogens with one attached hydrogen (secondary N) is 1. The molecule has 3 heterocycles. The Morgan fingerprint density at radius 3 is 1.90 bits per heavy atom. The zero-order valence-electron chi connectivity index (χ0n) is 21.8. The molecule has 1 aliphatic rings. The SMILES string of the molecule is S=c1nc[nH]c2c1ncn2[C@H]1OC[C@H](OCc2ccccc2)[C@@H](OCc2ccccc2)[C@H]1OCc1ccccc1. The zero-order chi connectivity index (χ0) is 27.1. The Hall–Kier alpha value is -3.73. The number of rotatable bonds is 10. The molecule has 2 aromatic heterocycles. The van der Waals surface area contributed by atoms with Crippen LogP contribution in [0.1, 0.15) is 22.9 Å². The predicted octanol–water partition coefficient (Wildman–Crippen LogP) is 5.77. The molecule has 0 saturated carbocycles. The summed E-state index contributed by atoms with van der Waals surface area (Å²) in [5.41, 5.74) is 4.51. The van der Waals surface area contributed by atoms with Gasteiger partial charge in [0.1, 0.15) is 29.5 Å². The monoisotopic (exact) mass is 554 g/mol. The highest BCUT2D eigenvalue weighted by Crippen LogP contribution is 2.33. The number of nitrogens with zero attached hydrogens (tertiary/aromatic N) is 3. The van der Waals surface area contributed by atoms with Gasteiger partial charge < -0.3 is 23.9 Å². The Morgan fingerprint density at radius 1 is 0.750 bits per heavy atom. The Morgan fingerprint density at radius 2 is 1.30 bits per heavy atom. The Bertz CT molecular complexity index is 1560. The smallest absolute Gasteiger partial charge is 0.165 e. The third kappa shape index (κ3) is 6.04. The van der Waals surface area contributed by atoms with Crippen molar-refractivity contribution >= 4 is 23.4 Å². The van der Waals surface area contributed by atoms with E-state index in [-0.39, 0.29) is 6.10 Å². The molecule has 6 rings (SSSR count). The van der Waals surface area contributed by atoms with Crippen molar-refractivity contribution in [1.82, 2.24) is 19.5 Å². The van der Waals surface area contributed by atoms with Crippen LogP contribution >= 0.6 is 12.2 Å². The molecule has 4 atom stereocenters. The van der Waals surface area contributed by atoms with Gasteiger partial charge in [-0.1, -0.05) is 103 Å². The first-order valence-electron chi connectivity index (χ1n) is 13.2. The first kappa shape index (κ1) is 26.5. The van der Waals surface area contributed by atoms with Crippen molar-refractivity contribution in [1.29, 1.82) is 0 Å². The summed E-state index contributed by atoms with van der Waals surface area (Å²) in [7, 11) is 0. The van der Waals surface area contributed by atoms with E-state index in [9.17, 15) is 0 Å². The standard InChI is InChI=1S/C31H30N4O4S/c40-30-26-29(32-20-33-30)35(21-34-26)31-28(38-18-24-14-8-3-9-15-24)27(37-17-23-12-6-2-7-13-23)25(19-39-31)36-16-22-10-4-1-5-11-22/h1-15,20-21,25,27-28,31H,16-19H2,(H,32,33,40)/t25-,27+,28+,31-/m0/s1.